The Labute approximate surface area is 179 Å². The highest BCUT2D eigenvalue weighted by Gasteiger charge is 2.22. The molecule has 5 rings (SSSR count). The predicted octanol–water partition coefficient (Wildman–Crippen LogP) is 3.98. The lowest BCUT2D eigenvalue weighted by Gasteiger charge is -2.29. The largest absolute Gasteiger partial charge is 0.478 e. The highest BCUT2D eigenvalue weighted by atomic mass is 16.5. The molecule has 0 amide bonds. The summed E-state index contributed by atoms with van der Waals surface area (Å²) in [4.78, 5) is 23.6. The Morgan fingerprint density at radius 1 is 1.19 bits per heavy atom. The highest BCUT2D eigenvalue weighted by Crippen LogP contribution is 2.33. The fraction of sp³-hybridized carbons (Fsp3) is 0.292. The van der Waals surface area contributed by atoms with Gasteiger partial charge in [0.15, 0.2) is 0 Å². The maximum Gasteiger partial charge on any atom is 0.338 e. The first-order valence-corrected chi connectivity index (χ1v) is 10.5. The number of anilines is 1. The number of nitrogens with zero attached hydrogens (tertiary/aromatic N) is 4. The molecule has 1 fully saturated rings. The molecule has 3 heterocycles. The van der Waals surface area contributed by atoms with Gasteiger partial charge in [-0.2, -0.15) is 0 Å². The van der Waals surface area contributed by atoms with E-state index in [1.807, 2.05) is 35.8 Å². The van der Waals surface area contributed by atoms with Crippen molar-refractivity contribution < 1.29 is 14.6 Å². The fourth-order valence-electron chi connectivity index (χ4n) is 4.50. The van der Waals surface area contributed by atoms with Gasteiger partial charge >= 0.3 is 5.97 Å². The number of rotatable bonds is 4. The van der Waals surface area contributed by atoms with Gasteiger partial charge in [0.25, 0.3) is 0 Å². The van der Waals surface area contributed by atoms with Crippen LogP contribution in [0.5, 0.6) is 0 Å². The monoisotopic (exact) mass is 416 g/mol. The number of carbonyl (C=O) groups is 1. The van der Waals surface area contributed by atoms with Crippen LogP contribution in [0.2, 0.25) is 0 Å². The zero-order chi connectivity index (χ0) is 21.5. The fourth-order valence-corrected chi connectivity index (χ4v) is 4.50. The zero-order valence-electron chi connectivity index (χ0n) is 17.6. The van der Waals surface area contributed by atoms with E-state index in [0.29, 0.717) is 18.7 Å². The SMILES string of the molecule is CCc1c(C)nc2ccccc2c1-n1cnc2c(C(=O)O)cc(N3CCOCC3)cc21. The van der Waals surface area contributed by atoms with Gasteiger partial charge < -0.3 is 14.7 Å². The van der Waals surface area contributed by atoms with Crippen LogP contribution in [0.3, 0.4) is 0 Å². The molecule has 0 atom stereocenters. The molecule has 0 saturated carbocycles. The Morgan fingerprint density at radius 2 is 1.97 bits per heavy atom. The number of carboxylic acid groups (broad SMARTS) is 1. The van der Waals surface area contributed by atoms with Crippen molar-refractivity contribution in [2.45, 2.75) is 20.3 Å². The minimum atomic E-state index is -0.975. The van der Waals surface area contributed by atoms with Gasteiger partial charge in [-0.3, -0.25) is 9.55 Å². The van der Waals surface area contributed by atoms with Gasteiger partial charge in [-0.05, 0) is 37.1 Å². The predicted molar refractivity (Wildman–Crippen MR) is 120 cm³/mol. The lowest BCUT2D eigenvalue weighted by Crippen LogP contribution is -2.36. The molecular weight excluding hydrogens is 392 g/mol. The average molecular weight is 416 g/mol. The Morgan fingerprint density at radius 3 is 2.71 bits per heavy atom. The van der Waals surface area contributed by atoms with Crippen LogP contribution in [0.4, 0.5) is 5.69 Å². The summed E-state index contributed by atoms with van der Waals surface area (Å²) in [6, 6.07) is 11.8. The smallest absolute Gasteiger partial charge is 0.338 e. The molecule has 158 valence electrons. The van der Waals surface area contributed by atoms with E-state index in [9.17, 15) is 9.90 Å². The quantitative estimate of drug-likeness (QED) is 0.542. The molecule has 2 aromatic heterocycles. The molecule has 4 aromatic rings. The van der Waals surface area contributed by atoms with Gasteiger partial charge in [0.05, 0.1) is 35.5 Å². The third-order valence-corrected chi connectivity index (χ3v) is 6.01. The molecule has 1 aliphatic heterocycles. The molecule has 0 unspecified atom stereocenters. The third kappa shape index (κ3) is 3.21. The standard InChI is InChI=1S/C24H24N4O3/c1-3-17-15(2)26-20-7-5-4-6-18(20)23(17)28-14-25-22-19(24(29)30)12-16(13-21(22)28)27-8-10-31-11-9-27/h4-7,12-14H,3,8-11H2,1-2H3,(H,29,30). The number of pyridine rings is 1. The van der Waals surface area contributed by atoms with E-state index in [1.165, 1.54) is 0 Å². The second-order valence-corrected chi connectivity index (χ2v) is 7.78. The van der Waals surface area contributed by atoms with E-state index in [-0.39, 0.29) is 5.56 Å². The van der Waals surface area contributed by atoms with Crippen molar-refractivity contribution in [1.82, 2.24) is 14.5 Å². The number of aryl methyl sites for hydroxylation is 1. The van der Waals surface area contributed by atoms with Crippen LogP contribution >= 0.6 is 0 Å². The van der Waals surface area contributed by atoms with Gasteiger partial charge in [-0.25, -0.2) is 9.78 Å². The third-order valence-electron chi connectivity index (χ3n) is 6.01. The van der Waals surface area contributed by atoms with Crippen molar-refractivity contribution in [2.24, 2.45) is 0 Å². The molecule has 31 heavy (non-hydrogen) atoms. The molecule has 1 N–H and O–H groups in total. The Bertz CT molecular complexity index is 1310. The summed E-state index contributed by atoms with van der Waals surface area (Å²) in [5, 5.41) is 10.9. The van der Waals surface area contributed by atoms with Crippen molar-refractivity contribution in [3.63, 3.8) is 0 Å². The second-order valence-electron chi connectivity index (χ2n) is 7.78. The number of aromatic carboxylic acids is 1. The van der Waals surface area contributed by atoms with Crippen LogP contribution < -0.4 is 4.90 Å². The maximum atomic E-state index is 12.1. The summed E-state index contributed by atoms with van der Waals surface area (Å²) in [6.45, 7) is 6.87. The summed E-state index contributed by atoms with van der Waals surface area (Å²) < 4.78 is 7.50. The molecule has 1 saturated heterocycles. The van der Waals surface area contributed by atoms with Crippen molar-refractivity contribution in [3.8, 4) is 5.69 Å². The summed E-state index contributed by atoms with van der Waals surface area (Å²) in [5.74, 6) is -0.975. The molecule has 0 aliphatic carbocycles. The second kappa shape index (κ2) is 7.67. The van der Waals surface area contributed by atoms with Crippen LogP contribution in [-0.2, 0) is 11.2 Å². The van der Waals surface area contributed by atoms with E-state index in [1.54, 1.807) is 12.4 Å². The number of ether oxygens (including phenoxy) is 1. The Balaban J connectivity index is 1.82. The van der Waals surface area contributed by atoms with Crippen molar-refractivity contribution in [3.05, 3.63) is 59.5 Å². The summed E-state index contributed by atoms with van der Waals surface area (Å²) in [6.07, 6.45) is 2.55. The minimum absolute atomic E-state index is 0.214. The van der Waals surface area contributed by atoms with Gasteiger partial charge in [-0.15, -0.1) is 0 Å². The molecule has 2 aromatic carbocycles. The van der Waals surface area contributed by atoms with Gasteiger partial charge in [0.1, 0.15) is 11.8 Å². The van der Waals surface area contributed by atoms with Gasteiger partial charge in [0, 0.05) is 29.9 Å². The number of para-hydroxylation sites is 1. The zero-order valence-corrected chi connectivity index (χ0v) is 17.6. The number of morpholine rings is 1. The van der Waals surface area contributed by atoms with Crippen LogP contribution in [0.25, 0.3) is 27.6 Å². The normalized spacial score (nSPS) is 14.5. The molecule has 0 radical (unpaired) electrons. The number of imidazole rings is 1. The minimum Gasteiger partial charge on any atom is -0.478 e. The van der Waals surface area contributed by atoms with E-state index in [2.05, 4.69) is 22.9 Å². The first kappa shape index (κ1) is 19.5. The van der Waals surface area contributed by atoms with Crippen molar-refractivity contribution in [2.75, 3.05) is 31.2 Å². The van der Waals surface area contributed by atoms with Crippen LogP contribution in [0.15, 0.2) is 42.7 Å². The number of hydrogen-bond donors (Lipinski definition) is 1. The molecule has 0 spiro atoms. The van der Waals surface area contributed by atoms with Crippen LogP contribution in [0.1, 0.15) is 28.5 Å². The van der Waals surface area contributed by atoms with Crippen molar-refractivity contribution >= 4 is 33.6 Å². The maximum absolute atomic E-state index is 12.1. The Kier molecular flexibility index (Phi) is 4.82. The molecule has 7 heteroatoms. The first-order chi connectivity index (χ1) is 15.1. The lowest BCUT2D eigenvalue weighted by atomic mass is 10.0. The molecular formula is C24H24N4O3. The average Bonchev–Trinajstić information content (AvgIpc) is 3.21. The van der Waals surface area contributed by atoms with Crippen LogP contribution in [-0.4, -0.2) is 51.9 Å². The number of carboxylic acids is 1. The summed E-state index contributed by atoms with van der Waals surface area (Å²) in [7, 11) is 0. The molecule has 1 aliphatic rings. The summed E-state index contributed by atoms with van der Waals surface area (Å²) in [5.41, 5.74) is 6.40. The number of benzene rings is 2. The molecule has 0 bridgehead atoms. The number of aromatic nitrogens is 3. The lowest BCUT2D eigenvalue weighted by molar-refractivity contribution is 0.0699. The van der Waals surface area contributed by atoms with E-state index in [0.717, 1.165) is 58.6 Å². The van der Waals surface area contributed by atoms with E-state index < -0.39 is 5.97 Å². The van der Waals surface area contributed by atoms with Crippen LogP contribution in [0, 0.1) is 6.92 Å². The topological polar surface area (TPSA) is 80.5 Å². The van der Waals surface area contributed by atoms with Crippen molar-refractivity contribution in [1.29, 1.82) is 0 Å². The number of fused-ring (bicyclic) bond motifs is 2. The number of hydrogen-bond acceptors (Lipinski definition) is 5. The molecule has 7 nitrogen and oxygen atoms in total. The van der Waals surface area contributed by atoms with Gasteiger partial charge in [-0.1, -0.05) is 25.1 Å². The highest BCUT2D eigenvalue weighted by molar-refractivity contribution is 6.04. The summed E-state index contributed by atoms with van der Waals surface area (Å²) >= 11 is 0. The van der Waals surface area contributed by atoms with Gasteiger partial charge in [0.2, 0.25) is 0 Å². The first-order valence-electron chi connectivity index (χ1n) is 10.5. The van der Waals surface area contributed by atoms with E-state index >= 15 is 0 Å². The Hall–Kier alpha value is -3.45. The van der Waals surface area contributed by atoms with E-state index in [4.69, 9.17) is 9.72 Å².